The number of para-hydroxylation sites is 1. The van der Waals surface area contributed by atoms with Crippen LogP contribution >= 0.6 is 12.4 Å². The number of anilines is 1. The SMILES string of the molecule is CCC[N@+](NC(=N)N)(C(=N)Nc1ccccc1)C1CCC1.Cl. The van der Waals surface area contributed by atoms with Crippen molar-refractivity contribution in [1.82, 2.24) is 5.43 Å². The molecule has 0 aliphatic heterocycles. The third-order valence-corrected chi connectivity index (χ3v) is 4.03. The molecular formula is C15H26ClN6+. The fourth-order valence-electron chi connectivity index (χ4n) is 2.83. The maximum absolute atomic E-state index is 8.54. The maximum Gasteiger partial charge on any atom is 0.324 e. The molecule has 0 bridgehead atoms. The van der Waals surface area contributed by atoms with Crippen molar-refractivity contribution in [1.29, 1.82) is 10.8 Å². The summed E-state index contributed by atoms with van der Waals surface area (Å²) in [6, 6.07) is 9.99. The molecule has 1 saturated carbocycles. The second-order valence-corrected chi connectivity index (χ2v) is 5.54. The average molecular weight is 326 g/mol. The van der Waals surface area contributed by atoms with E-state index in [0.717, 1.165) is 31.5 Å². The van der Waals surface area contributed by atoms with Gasteiger partial charge in [0.25, 0.3) is 0 Å². The van der Waals surface area contributed by atoms with Crippen molar-refractivity contribution in [2.45, 2.75) is 38.6 Å². The van der Waals surface area contributed by atoms with Crippen molar-refractivity contribution in [2.75, 3.05) is 11.9 Å². The molecule has 0 amide bonds. The summed E-state index contributed by atoms with van der Waals surface area (Å²) in [7, 11) is 0. The third-order valence-electron chi connectivity index (χ3n) is 4.03. The Morgan fingerprint density at radius 1 is 1.27 bits per heavy atom. The predicted octanol–water partition coefficient (Wildman–Crippen LogP) is 2.63. The molecule has 22 heavy (non-hydrogen) atoms. The van der Waals surface area contributed by atoms with Crippen molar-refractivity contribution >= 4 is 30.0 Å². The van der Waals surface area contributed by atoms with Crippen LogP contribution in [0.1, 0.15) is 32.6 Å². The molecule has 6 N–H and O–H groups in total. The minimum Gasteiger partial charge on any atom is -0.366 e. The molecule has 1 atom stereocenters. The smallest absolute Gasteiger partial charge is 0.324 e. The summed E-state index contributed by atoms with van der Waals surface area (Å²) in [6.07, 6.45) is 4.19. The Labute approximate surface area is 138 Å². The lowest BCUT2D eigenvalue weighted by atomic mass is 9.90. The number of halogens is 1. The van der Waals surface area contributed by atoms with Gasteiger partial charge in [0.05, 0.1) is 0 Å². The fraction of sp³-hybridized carbons (Fsp3) is 0.467. The van der Waals surface area contributed by atoms with Gasteiger partial charge in [0.15, 0.2) is 0 Å². The standard InChI is InChI=1S/C15H25N6.ClH/c1-2-11-21(20-14(16)17,13-9-6-10-13)15(18)19-12-7-4-3-5-8-12;/h3-5,7-8,13H,2,6,9-11H2,1H3,(H2,18,19)(H4,16,17,20);1H/q+1;/t21-;/m1./s1. The summed E-state index contributed by atoms with van der Waals surface area (Å²) >= 11 is 0. The lowest BCUT2D eigenvalue weighted by Crippen LogP contribution is -2.72. The highest BCUT2D eigenvalue weighted by Gasteiger charge is 2.46. The molecule has 6 nitrogen and oxygen atoms in total. The summed E-state index contributed by atoms with van der Waals surface area (Å²) in [6.45, 7) is 2.83. The first-order chi connectivity index (χ1) is 10.1. The molecule has 1 aromatic carbocycles. The van der Waals surface area contributed by atoms with Crippen LogP contribution in [0.5, 0.6) is 0 Å². The van der Waals surface area contributed by atoms with Crippen LogP contribution in [0.25, 0.3) is 0 Å². The van der Waals surface area contributed by atoms with Crippen LogP contribution in [0.3, 0.4) is 0 Å². The van der Waals surface area contributed by atoms with Crippen molar-refractivity contribution in [3.63, 3.8) is 0 Å². The van der Waals surface area contributed by atoms with Gasteiger partial charge in [-0.2, -0.15) is 10.0 Å². The zero-order valence-electron chi connectivity index (χ0n) is 12.9. The number of quaternary nitrogens is 1. The Morgan fingerprint density at radius 2 is 1.91 bits per heavy atom. The minimum absolute atomic E-state index is 0. The Hall–Kier alpha value is -1.79. The Morgan fingerprint density at radius 3 is 2.36 bits per heavy atom. The lowest BCUT2D eigenvalue weighted by molar-refractivity contribution is -0.908. The van der Waals surface area contributed by atoms with E-state index in [2.05, 4.69) is 17.7 Å². The van der Waals surface area contributed by atoms with Crippen LogP contribution in [0.15, 0.2) is 30.3 Å². The first-order valence-electron chi connectivity index (χ1n) is 7.49. The number of nitrogens with one attached hydrogen (secondary N) is 4. The van der Waals surface area contributed by atoms with Crippen molar-refractivity contribution in [2.24, 2.45) is 5.73 Å². The molecule has 0 heterocycles. The molecule has 0 spiro atoms. The molecule has 7 heteroatoms. The van der Waals surface area contributed by atoms with Gasteiger partial charge in [-0.05, 0) is 25.0 Å². The summed E-state index contributed by atoms with van der Waals surface area (Å²) in [5.74, 6) is 0.262. The van der Waals surface area contributed by atoms with Gasteiger partial charge in [0.2, 0.25) is 5.96 Å². The lowest BCUT2D eigenvalue weighted by Gasteiger charge is -2.46. The van der Waals surface area contributed by atoms with Gasteiger partial charge in [-0.15, -0.1) is 12.4 Å². The molecular weight excluding hydrogens is 300 g/mol. The van der Waals surface area contributed by atoms with Crippen LogP contribution in [0.4, 0.5) is 5.69 Å². The largest absolute Gasteiger partial charge is 0.366 e. The first kappa shape index (κ1) is 18.3. The molecule has 0 saturated heterocycles. The third kappa shape index (κ3) is 3.90. The summed E-state index contributed by atoms with van der Waals surface area (Å²) in [4.78, 5) is 0. The number of guanidine groups is 2. The van der Waals surface area contributed by atoms with Gasteiger partial charge in [0.1, 0.15) is 12.6 Å². The molecule has 0 unspecified atom stereocenters. The van der Waals surface area contributed by atoms with Crippen LogP contribution in [0.2, 0.25) is 0 Å². The molecule has 0 radical (unpaired) electrons. The Bertz CT molecular complexity index is 502. The van der Waals surface area contributed by atoms with E-state index in [1.807, 2.05) is 30.3 Å². The molecule has 122 valence electrons. The topological polar surface area (TPSA) is 97.8 Å². The van der Waals surface area contributed by atoms with Crippen LogP contribution in [-0.4, -0.2) is 29.1 Å². The number of hydrogen-bond acceptors (Lipinski definition) is 2. The highest BCUT2D eigenvalue weighted by Crippen LogP contribution is 2.30. The Balaban J connectivity index is 0.00000242. The van der Waals surface area contributed by atoms with E-state index in [0.29, 0.717) is 12.0 Å². The van der Waals surface area contributed by atoms with Crippen molar-refractivity contribution in [3.8, 4) is 0 Å². The number of nitrogens with two attached hydrogens (primary N) is 1. The van der Waals surface area contributed by atoms with Gasteiger partial charge in [-0.1, -0.05) is 25.1 Å². The average Bonchev–Trinajstić information content (AvgIpc) is 2.37. The number of rotatable bonds is 4. The van der Waals surface area contributed by atoms with Gasteiger partial charge in [0, 0.05) is 18.5 Å². The first-order valence-corrected chi connectivity index (χ1v) is 7.49. The minimum atomic E-state index is -0.0880. The maximum atomic E-state index is 8.54. The molecule has 2 rings (SSSR count). The number of hydrogen-bond donors (Lipinski definition) is 5. The van der Waals surface area contributed by atoms with Crippen LogP contribution < -0.4 is 16.5 Å². The van der Waals surface area contributed by atoms with Gasteiger partial charge in [-0.25, -0.2) is 5.41 Å². The molecule has 1 aliphatic rings. The van der Waals surface area contributed by atoms with E-state index in [1.165, 1.54) is 6.42 Å². The zero-order valence-corrected chi connectivity index (χ0v) is 13.7. The van der Waals surface area contributed by atoms with Crippen molar-refractivity contribution < 1.29 is 4.59 Å². The number of nitrogens with zero attached hydrogens (tertiary/aromatic N) is 1. The normalized spacial score (nSPS) is 16.6. The van der Waals surface area contributed by atoms with E-state index in [1.54, 1.807) is 0 Å². The fourth-order valence-corrected chi connectivity index (χ4v) is 2.83. The second-order valence-electron chi connectivity index (χ2n) is 5.54. The second kappa shape index (κ2) is 8.00. The predicted molar refractivity (Wildman–Crippen MR) is 93.1 cm³/mol. The van der Waals surface area contributed by atoms with E-state index < -0.39 is 0 Å². The highest BCUT2D eigenvalue weighted by molar-refractivity contribution is 5.87. The molecule has 1 aliphatic carbocycles. The zero-order chi connectivity index (χ0) is 15.3. The van der Waals surface area contributed by atoms with Crippen molar-refractivity contribution in [3.05, 3.63) is 30.3 Å². The monoisotopic (exact) mass is 325 g/mol. The molecule has 0 aromatic heterocycles. The summed E-state index contributed by atoms with van der Waals surface area (Å²) < 4.78 is 0.237. The van der Waals surface area contributed by atoms with Crippen LogP contribution in [0, 0.1) is 10.8 Å². The highest BCUT2D eigenvalue weighted by atomic mass is 35.5. The van der Waals surface area contributed by atoms with Gasteiger partial charge < -0.3 is 5.73 Å². The van der Waals surface area contributed by atoms with Gasteiger partial charge >= 0.3 is 5.96 Å². The van der Waals surface area contributed by atoms with E-state index in [9.17, 15) is 0 Å². The van der Waals surface area contributed by atoms with E-state index >= 15 is 0 Å². The van der Waals surface area contributed by atoms with Gasteiger partial charge in [-0.3, -0.25) is 10.7 Å². The molecule has 1 aromatic rings. The molecule has 1 fully saturated rings. The Kier molecular flexibility index (Phi) is 6.64. The van der Waals surface area contributed by atoms with E-state index in [-0.39, 0.29) is 23.0 Å². The summed E-state index contributed by atoms with van der Waals surface area (Å²) in [5.41, 5.74) is 9.50. The van der Waals surface area contributed by atoms with E-state index in [4.69, 9.17) is 16.6 Å². The van der Waals surface area contributed by atoms with Crippen LogP contribution in [-0.2, 0) is 0 Å². The number of benzene rings is 1. The summed E-state index contributed by atoms with van der Waals surface area (Å²) in [5, 5.41) is 19.3. The quantitative estimate of drug-likeness (QED) is 0.255.